The Morgan fingerprint density at radius 2 is 1.04 bits per heavy atom. The fourth-order valence-electron chi connectivity index (χ4n) is 5.27. The number of esters is 2. The van der Waals surface area contributed by atoms with Gasteiger partial charge in [-0.25, -0.2) is 0 Å². The third-order valence-corrected chi connectivity index (χ3v) is 8.18. The molecule has 0 bridgehead atoms. The van der Waals surface area contributed by atoms with Gasteiger partial charge in [-0.1, -0.05) is 159 Å². The summed E-state index contributed by atoms with van der Waals surface area (Å²) in [5.41, 5.74) is 0. The van der Waals surface area contributed by atoms with Gasteiger partial charge < -0.3 is 19.7 Å². The van der Waals surface area contributed by atoms with E-state index in [0.717, 1.165) is 64.2 Å². The molecule has 0 aliphatic heterocycles. The minimum Gasteiger partial charge on any atom is -0.462 e. The van der Waals surface area contributed by atoms with Gasteiger partial charge in [0.15, 0.2) is 6.10 Å². The molecular formula is C41H72O6. The van der Waals surface area contributed by atoms with Crippen LogP contribution in [-0.2, 0) is 19.1 Å². The van der Waals surface area contributed by atoms with E-state index in [1.165, 1.54) is 77.0 Å². The van der Waals surface area contributed by atoms with Crippen molar-refractivity contribution in [2.45, 2.75) is 187 Å². The van der Waals surface area contributed by atoms with Crippen molar-refractivity contribution >= 4 is 11.9 Å². The number of unbranched alkanes of at least 4 members (excludes halogenated alkanes) is 15. The Kier molecular flexibility index (Phi) is 35.0. The van der Waals surface area contributed by atoms with Crippen molar-refractivity contribution < 1.29 is 29.3 Å². The summed E-state index contributed by atoms with van der Waals surface area (Å²) in [6.45, 7) is 3.89. The average Bonchev–Trinajstić information content (AvgIpc) is 3.06. The third kappa shape index (κ3) is 35.0. The average molecular weight is 661 g/mol. The molecule has 0 aromatic rings. The Balaban J connectivity index is 3.68. The summed E-state index contributed by atoms with van der Waals surface area (Å²) in [6.07, 6.45) is 42.3. The Morgan fingerprint density at radius 1 is 0.574 bits per heavy atom. The fraction of sp³-hybridized carbons (Fsp3) is 0.756. The Morgan fingerprint density at radius 3 is 1.55 bits per heavy atom. The van der Waals surface area contributed by atoms with Crippen LogP contribution in [0.5, 0.6) is 0 Å². The second kappa shape index (κ2) is 36.7. The number of carbonyl (C=O) groups is 2. The molecule has 0 aromatic heterocycles. The second-order valence-electron chi connectivity index (χ2n) is 12.8. The van der Waals surface area contributed by atoms with Crippen LogP contribution in [0.4, 0.5) is 0 Å². The van der Waals surface area contributed by atoms with Crippen LogP contribution in [0.25, 0.3) is 0 Å². The largest absolute Gasteiger partial charge is 0.462 e. The minimum absolute atomic E-state index is 0.0961. The molecule has 2 atom stereocenters. The van der Waals surface area contributed by atoms with Crippen LogP contribution >= 0.6 is 0 Å². The molecular weight excluding hydrogens is 588 g/mol. The number of rotatable bonds is 34. The van der Waals surface area contributed by atoms with Gasteiger partial charge in [-0.05, 0) is 51.4 Å². The maximum Gasteiger partial charge on any atom is 0.306 e. The molecule has 6 nitrogen and oxygen atoms in total. The second-order valence-corrected chi connectivity index (χ2v) is 12.8. The van der Waals surface area contributed by atoms with Crippen LogP contribution in [0.2, 0.25) is 0 Å². The van der Waals surface area contributed by atoms with Crippen LogP contribution in [0.3, 0.4) is 0 Å². The number of allylic oxidation sites excluding steroid dienone is 7. The lowest BCUT2D eigenvalue weighted by molar-refractivity contribution is -0.161. The molecule has 1 unspecified atom stereocenters. The molecule has 2 N–H and O–H groups in total. The molecule has 6 heteroatoms. The van der Waals surface area contributed by atoms with Crippen LogP contribution in [0.15, 0.2) is 48.6 Å². The standard InChI is InChI=1S/C41H72O6/c1-3-5-6-7-8-9-10-11-12-15-18-21-24-27-30-34-40(44)46-37-39(36-42)47-41(45)35-31-28-25-22-19-16-13-14-17-20-23-26-29-33-38(43)32-4-2/h13,16-17,20,22,25-26,29,38-39,42-43H,3-12,14-15,18-19,21,23-24,27-28,30-37H2,1-2H3/b16-13-,20-17-,25-22-,29-26-/t38?,39-/m0/s1. The van der Waals surface area contributed by atoms with E-state index in [1.54, 1.807) is 0 Å². The molecule has 0 aromatic carbocycles. The Hall–Kier alpha value is -2.18. The van der Waals surface area contributed by atoms with Crippen LogP contribution in [0.1, 0.15) is 174 Å². The Bertz CT molecular complexity index is 815. The summed E-state index contributed by atoms with van der Waals surface area (Å²) in [5.74, 6) is -0.675. The molecule has 0 rings (SSSR count). The molecule has 47 heavy (non-hydrogen) atoms. The van der Waals surface area contributed by atoms with Crippen molar-refractivity contribution in [3.8, 4) is 0 Å². The SMILES string of the molecule is CCCCCCCCCCCCCCCCCC(=O)OC[C@H](CO)OC(=O)CCC/C=C\C/C=C\C/C=C\C/C=C\CC(O)CCC. The van der Waals surface area contributed by atoms with E-state index >= 15 is 0 Å². The smallest absolute Gasteiger partial charge is 0.306 e. The quantitative estimate of drug-likeness (QED) is 0.0405. The normalized spacial score (nSPS) is 13.4. The van der Waals surface area contributed by atoms with Gasteiger partial charge in [0, 0.05) is 12.8 Å². The van der Waals surface area contributed by atoms with E-state index in [0.29, 0.717) is 12.8 Å². The summed E-state index contributed by atoms with van der Waals surface area (Å²) in [6, 6.07) is 0. The first-order valence-corrected chi connectivity index (χ1v) is 19.3. The predicted molar refractivity (Wildman–Crippen MR) is 197 cm³/mol. The van der Waals surface area contributed by atoms with Gasteiger partial charge >= 0.3 is 11.9 Å². The van der Waals surface area contributed by atoms with Gasteiger partial charge in [0.25, 0.3) is 0 Å². The summed E-state index contributed by atoms with van der Waals surface area (Å²) in [5, 5.41) is 19.2. The highest BCUT2D eigenvalue weighted by Gasteiger charge is 2.16. The lowest BCUT2D eigenvalue weighted by Crippen LogP contribution is -2.28. The van der Waals surface area contributed by atoms with Gasteiger partial charge in [0.1, 0.15) is 6.61 Å². The molecule has 0 saturated carbocycles. The molecule has 0 amide bonds. The number of ether oxygens (including phenoxy) is 2. The van der Waals surface area contributed by atoms with Crippen molar-refractivity contribution in [3.05, 3.63) is 48.6 Å². The predicted octanol–water partition coefficient (Wildman–Crippen LogP) is 10.8. The molecule has 0 heterocycles. The van der Waals surface area contributed by atoms with Crippen molar-refractivity contribution in [2.75, 3.05) is 13.2 Å². The van der Waals surface area contributed by atoms with Gasteiger partial charge in [-0.2, -0.15) is 0 Å². The van der Waals surface area contributed by atoms with Gasteiger partial charge in [-0.15, -0.1) is 0 Å². The fourth-order valence-corrected chi connectivity index (χ4v) is 5.27. The van der Waals surface area contributed by atoms with Crippen LogP contribution in [0, 0.1) is 0 Å². The van der Waals surface area contributed by atoms with E-state index in [-0.39, 0.29) is 37.7 Å². The monoisotopic (exact) mass is 661 g/mol. The maximum absolute atomic E-state index is 12.1. The highest BCUT2D eigenvalue weighted by Crippen LogP contribution is 2.14. The minimum atomic E-state index is -0.808. The highest BCUT2D eigenvalue weighted by atomic mass is 16.6. The van der Waals surface area contributed by atoms with Crippen molar-refractivity contribution in [3.63, 3.8) is 0 Å². The van der Waals surface area contributed by atoms with E-state index in [1.807, 2.05) is 0 Å². The van der Waals surface area contributed by atoms with Gasteiger partial charge in [0.05, 0.1) is 12.7 Å². The number of aliphatic hydroxyl groups excluding tert-OH is 2. The summed E-state index contributed by atoms with van der Waals surface area (Å²) in [4.78, 5) is 24.2. The van der Waals surface area contributed by atoms with Gasteiger partial charge in [-0.3, -0.25) is 9.59 Å². The number of hydrogen-bond donors (Lipinski definition) is 2. The summed E-state index contributed by atoms with van der Waals surface area (Å²) >= 11 is 0. The van der Waals surface area contributed by atoms with Crippen LogP contribution < -0.4 is 0 Å². The Labute approximate surface area is 289 Å². The van der Waals surface area contributed by atoms with E-state index in [2.05, 4.69) is 62.5 Å². The van der Waals surface area contributed by atoms with E-state index in [9.17, 15) is 19.8 Å². The zero-order valence-corrected chi connectivity index (χ0v) is 30.4. The highest BCUT2D eigenvalue weighted by molar-refractivity contribution is 5.70. The molecule has 0 radical (unpaired) electrons. The molecule has 0 fully saturated rings. The van der Waals surface area contributed by atoms with Crippen molar-refractivity contribution in [1.82, 2.24) is 0 Å². The van der Waals surface area contributed by atoms with E-state index < -0.39 is 6.10 Å². The van der Waals surface area contributed by atoms with Crippen LogP contribution in [-0.4, -0.2) is 47.6 Å². The number of aliphatic hydroxyl groups is 2. The molecule has 0 aliphatic carbocycles. The summed E-state index contributed by atoms with van der Waals surface area (Å²) < 4.78 is 10.5. The maximum atomic E-state index is 12.1. The lowest BCUT2D eigenvalue weighted by Gasteiger charge is -2.15. The molecule has 0 aliphatic rings. The first-order valence-electron chi connectivity index (χ1n) is 19.3. The van der Waals surface area contributed by atoms with Crippen molar-refractivity contribution in [2.24, 2.45) is 0 Å². The van der Waals surface area contributed by atoms with Gasteiger partial charge in [0.2, 0.25) is 0 Å². The first-order chi connectivity index (χ1) is 23.0. The lowest BCUT2D eigenvalue weighted by atomic mass is 10.0. The number of carbonyl (C=O) groups excluding carboxylic acids is 2. The summed E-state index contributed by atoms with van der Waals surface area (Å²) in [7, 11) is 0. The molecule has 0 saturated heterocycles. The zero-order chi connectivity index (χ0) is 34.5. The zero-order valence-electron chi connectivity index (χ0n) is 30.4. The van der Waals surface area contributed by atoms with E-state index in [4.69, 9.17) is 9.47 Å². The topological polar surface area (TPSA) is 93.1 Å². The molecule has 272 valence electrons. The number of hydrogen-bond acceptors (Lipinski definition) is 6. The van der Waals surface area contributed by atoms with Crippen molar-refractivity contribution in [1.29, 1.82) is 0 Å². The first kappa shape index (κ1) is 44.8. The third-order valence-electron chi connectivity index (χ3n) is 8.18. The molecule has 0 spiro atoms.